The maximum Gasteiger partial charge on any atom is 0.344 e. The molecular weight excluding hydrogens is 158 g/mol. The van der Waals surface area contributed by atoms with Crippen LogP contribution >= 0.6 is 0 Å². The van der Waals surface area contributed by atoms with E-state index in [1.807, 2.05) is 6.92 Å². The Bertz CT molecular complexity index is 265. The minimum Gasteiger partial charge on any atom is -0.508 e. The number of aliphatic imine (C=N–C) groups is 1. The molecule has 0 fully saturated rings. The number of aliphatic hydroxyl groups is 1. The van der Waals surface area contributed by atoms with Crippen LogP contribution in [0.4, 0.5) is 0 Å². The molecule has 0 spiro atoms. The molecule has 1 aliphatic rings. The van der Waals surface area contributed by atoms with Crippen molar-refractivity contribution in [2.45, 2.75) is 13.8 Å². The summed E-state index contributed by atoms with van der Waals surface area (Å²) in [7, 11) is 0. The second-order valence-corrected chi connectivity index (χ2v) is 2.46. The fourth-order valence-corrected chi connectivity index (χ4v) is 1.07. The van der Waals surface area contributed by atoms with Crippen molar-refractivity contribution in [2.75, 3.05) is 13.2 Å². The van der Waals surface area contributed by atoms with Crippen LogP contribution in [0.5, 0.6) is 0 Å². The van der Waals surface area contributed by atoms with Crippen molar-refractivity contribution in [3.8, 4) is 0 Å². The lowest BCUT2D eigenvalue weighted by atomic mass is 10.1. The number of cyclic esters (lactones) is 1. The Labute approximate surface area is 70.6 Å². The number of carbonyl (C=O) groups is 1. The lowest BCUT2D eigenvalue weighted by molar-refractivity contribution is -0.135. The van der Waals surface area contributed by atoms with Crippen molar-refractivity contribution in [2.24, 2.45) is 4.99 Å². The van der Waals surface area contributed by atoms with Gasteiger partial charge in [-0.2, -0.15) is 0 Å². The second kappa shape index (κ2) is 3.38. The highest BCUT2D eigenvalue weighted by Gasteiger charge is 2.26. The van der Waals surface area contributed by atoms with Crippen LogP contribution in [0.1, 0.15) is 13.8 Å². The van der Waals surface area contributed by atoms with E-state index in [0.29, 0.717) is 12.3 Å². The first-order valence-electron chi connectivity index (χ1n) is 3.77. The van der Waals surface area contributed by atoms with Crippen LogP contribution in [0.25, 0.3) is 0 Å². The van der Waals surface area contributed by atoms with Crippen molar-refractivity contribution < 1.29 is 14.6 Å². The van der Waals surface area contributed by atoms with E-state index in [-0.39, 0.29) is 17.9 Å². The summed E-state index contributed by atoms with van der Waals surface area (Å²) in [6.07, 6.45) is 0. The van der Waals surface area contributed by atoms with Gasteiger partial charge >= 0.3 is 5.97 Å². The normalized spacial score (nSPS) is 18.5. The predicted octanol–water partition coefficient (Wildman–Crippen LogP) is 0.836. The lowest BCUT2D eigenvalue weighted by Crippen LogP contribution is -2.08. The van der Waals surface area contributed by atoms with Gasteiger partial charge in [0.25, 0.3) is 0 Å². The molecule has 1 N–H and O–H groups in total. The summed E-state index contributed by atoms with van der Waals surface area (Å²) in [5, 5.41) is 9.21. The molecule has 0 saturated heterocycles. The quantitative estimate of drug-likeness (QED) is 0.492. The third-order valence-corrected chi connectivity index (χ3v) is 1.59. The van der Waals surface area contributed by atoms with Gasteiger partial charge in [-0.1, -0.05) is 0 Å². The van der Waals surface area contributed by atoms with Crippen molar-refractivity contribution in [1.29, 1.82) is 0 Å². The van der Waals surface area contributed by atoms with Crippen LogP contribution < -0.4 is 0 Å². The minimum absolute atomic E-state index is 0.0188. The fraction of sp³-hybridized carbons (Fsp3) is 0.500. The number of hydrogen-bond donors (Lipinski definition) is 1. The molecule has 66 valence electrons. The largest absolute Gasteiger partial charge is 0.508 e. The van der Waals surface area contributed by atoms with E-state index < -0.39 is 5.97 Å². The number of nitrogens with zero attached hydrogens (tertiary/aromatic N) is 1. The molecule has 4 nitrogen and oxygen atoms in total. The molecule has 0 saturated carbocycles. The van der Waals surface area contributed by atoms with E-state index >= 15 is 0 Å². The van der Waals surface area contributed by atoms with Gasteiger partial charge in [0.2, 0.25) is 0 Å². The van der Waals surface area contributed by atoms with E-state index in [9.17, 15) is 9.90 Å². The smallest absolute Gasteiger partial charge is 0.344 e. The first-order valence-corrected chi connectivity index (χ1v) is 3.77. The molecule has 0 aromatic rings. The zero-order valence-corrected chi connectivity index (χ0v) is 7.13. The number of hydrogen-bond acceptors (Lipinski definition) is 4. The summed E-state index contributed by atoms with van der Waals surface area (Å²) < 4.78 is 4.60. The topological polar surface area (TPSA) is 58.9 Å². The van der Waals surface area contributed by atoms with Crippen molar-refractivity contribution in [3.63, 3.8) is 0 Å². The molecular formula is C8H11NO3. The molecule has 1 aliphatic heterocycles. The van der Waals surface area contributed by atoms with Gasteiger partial charge in [-0.25, -0.2) is 4.79 Å². The van der Waals surface area contributed by atoms with Gasteiger partial charge < -0.3 is 9.84 Å². The summed E-state index contributed by atoms with van der Waals surface area (Å²) in [4.78, 5) is 15.0. The van der Waals surface area contributed by atoms with Gasteiger partial charge in [-0.15, -0.1) is 0 Å². The van der Waals surface area contributed by atoms with Crippen LogP contribution in [0.3, 0.4) is 0 Å². The Morgan fingerprint density at radius 1 is 1.75 bits per heavy atom. The third kappa shape index (κ3) is 1.47. The lowest BCUT2D eigenvalue weighted by Gasteiger charge is -1.96. The maximum atomic E-state index is 11.0. The third-order valence-electron chi connectivity index (χ3n) is 1.59. The first kappa shape index (κ1) is 8.77. The average Bonchev–Trinajstić information content (AvgIpc) is 2.32. The Morgan fingerprint density at radius 3 is 2.83 bits per heavy atom. The monoisotopic (exact) mass is 169 g/mol. The van der Waals surface area contributed by atoms with Gasteiger partial charge in [0.05, 0.1) is 0 Å². The molecule has 0 aromatic heterocycles. The van der Waals surface area contributed by atoms with E-state index in [1.54, 1.807) is 6.92 Å². The standard InChI is InChI=1S/C8H11NO3/c1-3-9-5(2)7-6(10)4-12-8(7)11/h10H,3-4H2,1-2H3. The number of ether oxygens (including phenoxy) is 1. The Hall–Kier alpha value is -1.32. The SMILES string of the molecule is CCN=C(C)C1=C(O)COC1=O. The number of aliphatic hydroxyl groups excluding tert-OH is 1. The summed E-state index contributed by atoms with van der Waals surface area (Å²) >= 11 is 0. The van der Waals surface area contributed by atoms with Crippen LogP contribution in [-0.2, 0) is 9.53 Å². The molecule has 0 amide bonds. The first-order chi connectivity index (χ1) is 5.66. The van der Waals surface area contributed by atoms with Gasteiger partial charge in [0.1, 0.15) is 17.9 Å². The van der Waals surface area contributed by atoms with Gasteiger partial charge in [0.15, 0.2) is 0 Å². The van der Waals surface area contributed by atoms with Crippen LogP contribution in [0, 0.1) is 0 Å². The van der Waals surface area contributed by atoms with Crippen LogP contribution in [0.2, 0.25) is 0 Å². The Kier molecular flexibility index (Phi) is 2.47. The van der Waals surface area contributed by atoms with Crippen LogP contribution in [-0.4, -0.2) is 29.9 Å². The molecule has 0 bridgehead atoms. The number of carbonyl (C=O) groups excluding carboxylic acids is 1. The Morgan fingerprint density at radius 2 is 2.42 bits per heavy atom. The highest BCUT2D eigenvalue weighted by molar-refractivity contribution is 6.20. The average molecular weight is 169 g/mol. The maximum absolute atomic E-state index is 11.0. The molecule has 0 aliphatic carbocycles. The summed E-state index contributed by atoms with van der Waals surface area (Å²) in [6.45, 7) is 4.11. The van der Waals surface area contributed by atoms with Crippen molar-refractivity contribution in [3.05, 3.63) is 11.3 Å². The molecule has 0 radical (unpaired) electrons. The van der Waals surface area contributed by atoms with E-state index in [1.165, 1.54) is 0 Å². The molecule has 1 rings (SSSR count). The molecule has 0 atom stereocenters. The van der Waals surface area contributed by atoms with Gasteiger partial charge in [-0.3, -0.25) is 4.99 Å². The minimum atomic E-state index is -0.484. The van der Waals surface area contributed by atoms with Crippen molar-refractivity contribution >= 4 is 11.7 Å². The van der Waals surface area contributed by atoms with E-state index in [2.05, 4.69) is 9.73 Å². The highest BCUT2D eigenvalue weighted by Crippen LogP contribution is 2.14. The zero-order chi connectivity index (χ0) is 9.14. The molecule has 1 heterocycles. The second-order valence-electron chi connectivity index (χ2n) is 2.46. The zero-order valence-electron chi connectivity index (χ0n) is 7.13. The van der Waals surface area contributed by atoms with E-state index in [0.717, 1.165) is 0 Å². The number of esters is 1. The molecule has 12 heavy (non-hydrogen) atoms. The van der Waals surface area contributed by atoms with E-state index in [4.69, 9.17) is 0 Å². The van der Waals surface area contributed by atoms with Crippen molar-refractivity contribution in [1.82, 2.24) is 0 Å². The van der Waals surface area contributed by atoms with Crippen LogP contribution in [0.15, 0.2) is 16.3 Å². The summed E-state index contributed by atoms with van der Waals surface area (Å²) in [6, 6.07) is 0. The summed E-state index contributed by atoms with van der Waals surface area (Å²) in [5.74, 6) is -0.503. The Balaban J connectivity index is 2.93. The fourth-order valence-electron chi connectivity index (χ4n) is 1.07. The van der Waals surface area contributed by atoms with Gasteiger partial charge in [0, 0.05) is 12.3 Å². The van der Waals surface area contributed by atoms with Gasteiger partial charge in [-0.05, 0) is 13.8 Å². The molecule has 4 heteroatoms. The molecule has 0 aromatic carbocycles. The predicted molar refractivity (Wildman–Crippen MR) is 44.3 cm³/mol. The number of rotatable bonds is 2. The molecule has 0 unspecified atom stereocenters. The highest BCUT2D eigenvalue weighted by atomic mass is 16.5. The summed E-state index contributed by atoms with van der Waals surface area (Å²) in [5.41, 5.74) is 0.759.